The van der Waals surface area contributed by atoms with Crippen molar-refractivity contribution in [3.05, 3.63) is 22.7 Å². The lowest BCUT2D eigenvalue weighted by Gasteiger charge is -2.14. The summed E-state index contributed by atoms with van der Waals surface area (Å²) in [5.74, 6) is 1.32. The number of hydrogen-bond acceptors (Lipinski definition) is 3. The van der Waals surface area contributed by atoms with Crippen LogP contribution in [0, 0.1) is 0 Å². The number of rotatable bonds is 3. The summed E-state index contributed by atoms with van der Waals surface area (Å²) in [6, 6.07) is 3.33. The molecule has 1 unspecified atom stereocenters. The summed E-state index contributed by atoms with van der Waals surface area (Å²) >= 11 is 6.05. The van der Waals surface area contributed by atoms with E-state index in [1.807, 2.05) is 6.92 Å². The monoisotopic (exact) mass is 215 g/mol. The molecule has 0 amide bonds. The number of methoxy groups -OCH3 is 2. The van der Waals surface area contributed by atoms with Crippen molar-refractivity contribution >= 4 is 11.6 Å². The van der Waals surface area contributed by atoms with Crippen LogP contribution in [0.1, 0.15) is 18.5 Å². The van der Waals surface area contributed by atoms with E-state index in [2.05, 4.69) is 0 Å². The van der Waals surface area contributed by atoms with Crippen molar-refractivity contribution in [2.24, 2.45) is 5.73 Å². The van der Waals surface area contributed by atoms with Gasteiger partial charge in [-0.05, 0) is 13.0 Å². The van der Waals surface area contributed by atoms with Crippen LogP contribution in [0.4, 0.5) is 0 Å². The average Bonchev–Trinajstić information content (AvgIpc) is 2.15. The molecule has 0 fully saturated rings. The number of halogens is 1. The lowest BCUT2D eigenvalue weighted by atomic mass is 10.1. The topological polar surface area (TPSA) is 44.5 Å². The molecule has 0 bridgehead atoms. The number of nitrogens with two attached hydrogens (primary N) is 1. The Hall–Kier alpha value is -0.930. The Morgan fingerprint density at radius 2 is 1.93 bits per heavy atom. The summed E-state index contributed by atoms with van der Waals surface area (Å²) < 4.78 is 10.3. The SMILES string of the molecule is COc1cc(Cl)c(C(C)N)c(OC)c1. The van der Waals surface area contributed by atoms with Crippen molar-refractivity contribution in [2.75, 3.05) is 14.2 Å². The van der Waals surface area contributed by atoms with Crippen LogP contribution in [0.15, 0.2) is 12.1 Å². The summed E-state index contributed by atoms with van der Waals surface area (Å²) in [6.07, 6.45) is 0. The van der Waals surface area contributed by atoms with Crippen LogP contribution in [0.3, 0.4) is 0 Å². The van der Waals surface area contributed by atoms with Gasteiger partial charge in [-0.25, -0.2) is 0 Å². The van der Waals surface area contributed by atoms with Crippen LogP contribution in [0.2, 0.25) is 5.02 Å². The zero-order valence-corrected chi connectivity index (χ0v) is 9.26. The van der Waals surface area contributed by atoms with Crippen molar-refractivity contribution in [1.82, 2.24) is 0 Å². The lowest BCUT2D eigenvalue weighted by molar-refractivity contribution is 0.389. The van der Waals surface area contributed by atoms with Crippen LogP contribution in [0.5, 0.6) is 11.5 Å². The van der Waals surface area contributed by atoms with Gasteiger partial charge in [-0.2, -0.15) is 0 Å². The highest BCUT2D eigenvalue weighted by Crippen LogP contribution is 2.35. The highest BCUT2D eigenvalue weighted by Gasteiger charge is 2.13. The summed E-state index contributed by atoms with van der Waals surface area (Å²) in [5.41, 5.74) is 6.58. The number of ether oxygens (including phenoxy) is 2. The minimum Gasteiger partial charge on any atom is -0.497 e. The fourth-order valence-electron chi connectivity index (χ4n) is 1.30. The second-order valence-electron chi connectivity index (χ2n) is 3.01. The zero-order chi connectivity index (χ0) is 10.7. The molecule has 1 aromatic rings. The Kier molecular flexibility index (Phi) is 3.61. The van der Waals surface area contributed by atoms with Crippen LogP contribution in [0.25, 0.3) is 0 Å². The van der Waals surface area contributed by atoms with E-state index in [-0.39, 0.29) is 6.04 Å². The maximum atomic E-state index is 6.05. The first-order valence-electron chi connectivity index (χ1n) is 4.27. The van der Waals surface area contributed by atoms with Crippen LogP contribution in [-0.4, -0.2) is 14.2 Å². The molecule has 2 N–H and O–H groups in total. The first kappa shape index (κ1) is 11.1. The van der Waals surface area contributed by atoms with E-state index in [9.17, 15) is 0 Å². The van der Waals surface area contributed by atoms with Crippen molar-refractivity contribution < 1.29 is 9.47 Å². The number of benzene rings is 1. The Balaban J connectivity index is 3.27. The second kappa shape index (κ2) is 4.53. The summed E-state index contributed by atoms with van der Waals surface area (Å²) in [5, 5.41) is 0.566. The van der Waals surface area contributed by atoms with Crippen molar-refractivity contribution in [3.63, 3.8) is 0 Å². The average molecular weight is 216 g/mol. The molecule has 0 heterocycles. The molecule has 78 valence electrons. The molecule has 0 saturated heterocycles. The van der Waals surface area contributed by atoms with Gasteiger partial charge in [0.15, 0.2) is 0 Å². The zero-order valence-electron chi connectivity index (χ0n) is 8.50. The van der Waals surface area contributed by atoms with E-state index >= 15 is 0 Å². The summed E-state index contributed by atoms with van der Waals surface area (Å²) in [7, 11) is 3.16. The minimum atomic E-state index is -0.164. The van der Waals surface area contributed by atoms with Crippen molar-refractivity contribution in [1.29, 1.82) is 0 Å². The van der Waals surface area contributed by atoms with Crippen LogP contribution < -0.4 is 15.2 Å². The van der Waals surface area contributed by atoms with Gasteiger partial charge in [0.05, 0.1) is 19.2 Å². The Labute approximate surface area is 88.8 Å². The van der Waals surface area contributed by atoms with Crippen molar-refractivity contribution in [3.8, 4) is 11.5 Å². The van der Waals surface area contributed by atoms with E-state index < -0.39 is 0 Å². The lowest BCUT2D eigenvalue weighted by Crippen LogP contribution is -2.08. The Morgan fingerprint density at radius 1 is 1.29 bits per heavy atom. The molecule has 0 aliphatic rings. The third-order valence-corrected chi connectivity index (χ3v) is 2.29. The smallest absolute Gasteiger partial charge is 0.128 e. The molecule has 3 nitrogen and oxygen atoms in total. The molecule has 4 heteroatoms. The normalized spacial score (nSPS) is 12.4. The highest BCUT2D eigenvalue weighted by molar-refractivity contribution is 6.31. The minimum absolute atomic E-state index is 0.164. The molecule has 1 aromatic carbocycles. The maximum Gasteiger partial charge on any atom is 0.128 e. The largest absolute Gasteiger partial charge is 0.497 e. The summed E-state index contributed by atoms with van der Waals surface area (Å²) in [4.78, 5) is 0. The van der Waals surface area contributed by atoms with Gasteiger partial charge >= 0.3 is 0 Å². The fourth-order valence-corrected chi connectivity index (χ4v) is 1.67. The third-order valence-electron chi connectivity index (χ3n) is 1.98. The molecule has 0 aliphatic heterocycles. The molecule has 0 spiro atoms. The maximum absolute atomic E-state index is 6.05. The molecular formula is C10H14ClNO2. The molecular weight excluding hydrogens is 202 g/mol. The van der Waals surface area contributed by atoms with Crippen LogP contribution in [-0.2, 0) is 0 Å². The molecule has 14 heavy (non-hydrogen) atoms. The molecule has 0 aliphatic carbocycles. The van der Waals surface area contributed by atoms with Crippen LogP contribution >= 0.6 is 11.6 Å². The van der Waals surface area contributed by atoms with Gasteiger partial charge < -0.3 is 15.2 Å². The molecule has 0 saturated carbocycles. The molecule has 1 atom stereocenters. The first-order valence-corrected chi connectivity index (χ1v) is 4.65. The summed E-state index contributed by atoms with van der Waals surface area (Å²) in [6.45, 7) is 1.86. The van der Waals surface area contributed by atoms with E-state index in [0.717, 1.165) is 5.56 Å². The van der Waals surface area contributed by atoms with E-state index in [1.54, 1.807) is 26.4 Å². The van der Waals surface area contributed by atoms with Gasteiger partial charge in [0.2, 0.25) is 0 Å². The predicted molar refractivity (Wildman–Crippen MR) is 57.2 cm³/mol. The molecule has 0 aromatic heterocycles. The van der Waals surface area contributed by atoms with Gasteiger partial charge in [-0.1, -0.05) is 11.6 Å². The van der Waals surface area contributed by atoms with E-state index in [1.165, 1.54) is 0 Å². The van der Waals surface area contributed by atoms with Gasteiger partial charge in [-0.3, -0.25) is 0 Å². The second-order valence-corrected chi connectivity index (χ2v) is 3.42. The predicted octanol–water partition coefficient (Wildman–Crippen LogP) is 2.38. The van der Waals surface area contributed by atoms with E-state index in [0.29, 0.717) is 16.5 Å². The number of hydrogen-bond donors (Lipinski definition) is 1. The van der Waals surface area contributed by atoms with E-state index in [4.69, 9.17) is 26.8 Å². The highest BCUT2D eigenvalue weighted by atomic mass is 35.5. The van der Waals surface area contributed by atoms with Gasteiger partial charge in [0.25, 0.3) is 0 Å². The third kappa shape index (κ3) is 2.11. The Morgan fingerprint density at radius 3 is 2.36 bits per heavy atom. The standard InChI is InChI=1S/C10H14ClNO2/c1-6(12)10-8(11)4-7(13-2)5-9(10)14-3/h4-6H,12H2,1-3H3. The van der Waals surface area contributed by atoms with Gasteiger partial charge in [0, 0.05) is 17.7 Å². The molecule has 0 radical (unpaired) electrons. The van der Waals surface area contributed by atoms with Gasteiger partial charge in [-0.15, -0.1) is 0 Å². The van der Waals surface area contributed by atoms with Gasteiger partial charge in [0.1, 0.15) is 11.5 Å². The first-order chi connectivity index (χ1) is 6.60. The molecule has 1 rings (SSSR count). The fraction of sp³-hybridized carbons (Fsp3) is 0.400. The Bertz CT molecular complexity index is 326. The van der Waals surface area contributed by atoms with Crippen molar-refractivity contribution in [2.45, 2.75) is 13.0 Å². The quantitative estimate of drug-likeness (QED) is 0.842.